The first-order valence-corrected chi connectivity index (χ1v) is 16.5. The smallest absolute Gasteiger partial charge is 0.250 e. The molecular weight excluding hydrogens is 550 g/mol. The summed E-state index contributed by atoms with van der Waals surface area (Å²) in [6.45, 7) is 11.6. The van der Waals surface area contributed by atoms with E-state index in [1.807, 2.05) is 12.1 Å². The van der Waals surface area contributed by atoms with Crippen LogP contribution in [0.25, 0.3) is 10.9 Å². The second-order valence-electron chi connectivity index (χ2n) is 14.2. The van der Waals surface area contributed by atoms with Gasteiger partial charge in [-0.2, -0.15) is 0 Å². The zero-order chi connectivity index (χ0) is 30.6. The van der Waals surface area contributed by atoms with E-state index in [9.17, 15) is 9.59 Å². The van der Waals surface area contributed by atoms with Gasteiger partial charge in [0.15, 0.2) is 0 Å². The Morgan fingerprint density at radius 3 is 2.36 bits per heavy atom. The summed E-state index contributed by atoms with van der Waals surface area (Å²) < 4.78 is 5.50. The number of nitrogens with zero attached hydrogens (tertiary/aromatic N) is 3. The van der Waals surface area contributed by atoms with Gasteiger partial charge in [-0.05, 0) is 92.8 Å². The Labute approximate surface area is 261 Å². The minimum absolute atomic E-state index is 0.0189. The molecule has 0 radical (unpaired) electrons. The Hall–Kier alpha value is -3.36. The molecule has 2 saturated heterocycles. The molecule has 2 aromatic carbocycles. The standard InChI is InChI=1S/C36H47N5O3/c1-24-32(28-7-5-6-8-30(28)37-24)33-29(35(33,2)3)23-31(42)41(27-13-14-27)36(15-17-39(4)18-16-36)34(43)38-25-9-11-26(12-10-25)40-19-21-44-22-20-40/h5-12,27,29,33,37H,13-23H2,1-4H3,(H,38,43)/t29-,33+/m1/s1. The molecule has 2 amide bonds. The predicted octanol–water partition coefficient (Wildman–Crippen LogP) is 5.54. The lowest BCUT2D eigenvalue weighted by Gasteiger charge is -2.47. The summed E-state index contributed by atoms with van der Waals surface area (Å²) in [6, 6.07) is 16.8. The minimum Gasteiger partial charge on any atom is -0.378 e. The van der Waals surface area contributed by atoms with Gasteiger partial charge in [-0.25, -0.2) is 0 Å². The molecule has 2 saturated carbocycles. The number of anilines is 2. The van der Waals surface area contributed by atoms with E-state index >= 15 is 0 Å². The Kier molecular flexibility index (Phi) is 7.48. The monoisotopic (exact) mass is 597 g/mol. The zero-order valence-corrected chi connectivity index (χ0v) is 26.7. The van der Waals surface area contributed by atoms with Gasteiger partial charge in [-0.1, -0.05) is 32.0 Å². The van der Waals surface area contributed by atoms with Crippen LogP contribution in [0.4, 0.5) is 11.4 Å². The number of carbonyl (C=O) groups is 2. The highest BCUT2D eigenvalue weighted by Crippen LogP contribution is 2.67. The Morgan fingerprint density at radius 1 is 1.00 bits per heavy atom. The second-order valence-corrected chi connectivity index (χ2v) is 14.2. The summed E-state index contributed by atoms with van der Waals surface area (Å²) in [7, 11) is 2.11. The molecule has 3 aromatic rings. The molecule has 4 aliphatic rings. The quantitative estimate of drug-likeness (QED) is 0.357. The van der Waals surface area contributed by atoms with Crippen LogP contribution < -0.4 is 10.2 Å². The Morgan fingerprint density at radius 2 is 1.68 bits per heavy atom. The number of H-pyrrole nitrogens is 1. The lowest BCUT2D eigenvalue weighted by molar-refractivity contribution is -0.150. The van der Waals surface area contributed by atoms with Crippen molar-refractivity contribution < 1.29 is 14.3 Å². The molecule has 2 aliphatic heterocycles. The number of rotatable bonds is 8. The minimum atomic E-state index is -0.834. The first-order chi connectivity index (χ1) is 21.2. The van der Waals surface area contributed by atoms with E-state index < -0.39 is 5.54 Å². The number of likely N-dealkylation sites (tertiary alicyclic amines) is 1. The van der Waals surface area contributed by atoms with Crippen molar-refractivity contribution in [3.8, 4) is 0 Å². The summed E-state index contributed by atoms with van der Waals surface area (Å²) in [5, 5.41) is 4.53. The lowest BCUT2D eigenvalue weighted by Crippen LogP contribution is -2.64. The number of aromatic nitrogens is 1. The van der Waals surface area contributed by atoms with E-state index in [0.717, 1.165) is 69.1 Å². The molecule has 0 spiro atoms. The van der Waals surface area contributed by atoms with Gasteiger partial charge in [-0.3, -0.25) is 9.59 Å². The molecule has 3 heterocycles. The first-order valence-electron chi connectivity index (χ1n) is 16.5. The third-order valence-electron chi connectivity index (χ3n) is 11.1. The van der Waals surface area contributed by atoms with Crippen LogP contribution in [0.5, 0.6) is 0 Å². The molecule has 44 heavy (non-hydrogen) atoms. The van der Waals surface area contributed by atoms with E-state index in [-0.39, 0.29) is 29.2 Å². The van der Waals surface area contributed by atoms with Gasteiger partial charge in [0, 0.05) is 66.6 Å². The average Bonchev–Trinajstić information content (AvgIpc) is 3.91. The van der Waals surface area contributed by atoms with Gasteiger partial charge < -0.3 is 29.7 Å². The maximum atomic E-state index is 14.5. The number of fused-ring (bicyclic) bond motifs is 1. The van der Waals surface area contributed by atoms with Crippen molar-refractivity contribution in [3.63, 3.8) is 0 Å². The van der Waals surface area contributed by atoms with Crippen molar-refractivity contribution in [2.24, 2.45) is 11.3 Å². The highest BCUT2D eigenvalue weighted by Gasteiger charge is 2.61. The number of carbonyl (C=O) groups excluding carboxylic acids is 2. The van der Waals surface area contributed by atoms with E-state index in [4.69, 9.17) is 4.74 Å². The van der Waals surface area contributed by atoms with Crippen molar-refractivity contribution in [3.05, 3.63) is 59.8 Å². The Balaban J connectivity index is 1.13. The molecular formula is C36H47N5O3. The molecule has 2 N–H and O–H groups in total. The third kappa shape index (κ3) is 5.20. The summed E-state index contributed by atoms with van der Waals surface area (Å²) in [6.07, 6.45) is 3.74. The number of aryl methyl sites for hydroxylation is 1. The van der Waals surface area contributed by atoms with Gasteiger partial charge in [0.05, 0.1) is 13.2 Å². The number of hydrogen-bond donors (Lipinski definition) is 2. The number of hydrogen-bond acceptors (Lipinski definition) is 5. The molecule has 2 atom stereocenters. The molecule has 1 aromatic heterocycles. The van der Waals surface area contributed by atoms with Crippen molar-refractivity contribution >= 4 is 34.1 Å². The summed E-state index contributed by atoms with van der Waals surface area (Å²) in [4.78, 5) is 39.1. The van der Waals surface area contributed by atoms with E-state index in [2.05, 4.69) is 89.2 Å². The number of amides is 2. The summed E-state index contributed by atoms with van der Waals surface area (Å²) in [5.41, 5.74) is 4.82. The fraction of sp³-hybridized carbons (Fsp3) is 0.556. The molecule has 0 unspecified atom stereocenters. The van der Waals surface area contributed by atoms with Crippen LogP contribution in [0.2, 0.25) is 0 Å². The second kappa shape index (κ2) is 11.2. The van der Waals surface area contributed by atoms with E-state index in [1.165, 1.54) is 16.6 Å². The normalized spacial score (nSPS) is 24.7. The number of piperidine rings is 1. The van der Waals surface area contributed by atoms with Gasteiger partial charge in [-0.15, -0.1) is 0 Å². The Bertz CT molecular complexity index is 1530. The van der Waals surface area contributed by atoms with Gasteiger partial charge in [0.2, 0.25) is 11.8 Å². The van der Waals surface area contributed by atoms with Crippen LogP contribution in [0.1, 0.15) is 63.1 Å². The zero-order valence-electron chi connectivity index (χ0n) is 26.7. The predicted molar refractivity (Wildman–Crippen MR) is 175 cm³/mol. The highest BCUT2D eigenvalue weighted by molar-refractivity contribution is 6.01. The molecule has 2 aliphatic carbocycles. The number of para-hydroxylation sites is 1. The molecule has 0 bridgehead atoms. The van der Waals surface area contributed by atoms with E-state index in [0.29, 0.717) is 25.2 Å². The largest absolute Gasteiger partial charge is 0.378 e. The van der Waals surface area contributed by atoms with Crippen LogP contribution in [0, 0.1) is 18.3 Å². The fourth-order valence-corrected chi connectivity index (χ4v) is 8.20. The number of nitrogens with one attached hydrogen (secondary N) is 2. The number of morpholine rings is 1. The summed E-state index contributed by atoms with van der Waals surface area (Å²) in [5.74, 6) is 0.668. The number of ether oxygens (including phenoxy) is 1. The molecule has 7 rings (SSSR count). The van der Waals surface area contributed by atoms with Crippen LogP contribution in [-0.2, 0) is 14.3 Å². The van der Waals surface area contributed by atoms with Crippen LogP contribution in [0.15, 0.2) is 48.5 Å². The van der Waals surface area contributed by atoms with Crippen LogP contribution >= 0.6 is 0 Å². The fourth-order valence-electron chi connectivity index (χ4n) is 8.20. The molecule has 4 fully saturated rings. The SMILES string of the molecule is Cc1[nH]c2ccccc2c1[C@@H]1[C@@H](CC(=O)N(C2CC2)C2(C(=O)Nc3ccc(N4CCOCC4)cc3)CCN(C)CC2)C1(C)C. The molecule has 8 heteroatoms. The first kappa shape index (κ1) is 29.4. The van der Waals surface area contributed by atoms with Crippen molar-refractivity contribution in [2.45, 2.75) is 70.4 Å². The van der Waals surface area contributed by atoms with Crippen LogP contribution in [-0.4, -0.2) is 84.6 Å². The van der Waals surface area contributed by atoms with Crippen molar-refractivity contribution in [2.75, 3.05) is 56.7 Å². The van der Waals surface area contributed by atoms with Gasteiger partial charge in [0.25, 0.3) is 0 Å². The van der Waals surface area contributed by atoms with Crippen molar-refractivity contribution in [1.29, 1.82) is 0 Å². The molecule has 234 valence electrons. The number of aromatic amines is 1. The van der Waals surface area contributed by atoms with Gasteiger partial charge >= 0.3 is 0 Å². The lowest BCUT2D eigenvalue weighted by atomic mass is 9.83. The topological polar surface area (TPSA) is 80.9 Å². The van der Waals surface area contributed by atoms with Gasteiger partial charge in [0.1, 0.15) is 5.54 Å². The summed E-state index contributed by atoms with van der Waals surface area (Å²) >= 11 is 0. The molecule has 8 nitrogen and oxygen atoms in total. The highest BCUT2D eigenvalue weighted by atomic mass is 16.5. The number of benzene rings is 2. The van der Waals surface area contributed by atoms with Crippen molar-refractivity contribution in [1.82, 2.24) is 14.8 Å². The van der Waals surface area contributed by atoms with E-state index in [1.54, 1.807) is 0 Å². The maximum Gasteiger partial charge on any atom is 0.250 e. The maximum absolute atomic E-state index is 14.5. The third-order valence-corrected chi connectivity index (χ3v) is 11.1. The average molecular weight is 598 g/mol. The van der Waals surface area contributed by atoms with Crippen LogP contribution in [0.3, 0.4) is 0 Å².